The minimum Gasteiger partial charge on any atom is -0.457 e. The Kier molecular flexibility index (Phi) is 11.4. The standard InChI is InChI=1S/C64H64N4O/c1-61(2,3)46-27-29-51(30-28-46)67-43-66(42-59(67)62(4,5)6)52-37-50(64(9,10)48-24-18-13-19-25-48)38-54(40-52)69-53-31-32-55-56-36-45(44-20-14-11-15-21-44)26-33-57(56)68(58(55)41-53)60-39-49(34-35-65-60)63(7,8)47-22-16-12-17-23-47/h11-42H,43H2,1-10H3. The predicted molar refractivity (Wildman–Crippen MR) is 290 cm³/mol. The molecular weight excluding hydrogens is 841 g/mol. The van der Waals surface area contributed by atoms with Crippen LogP contribution in [-0.4, -0.2) is 16.2 Å². The number of rotatable bonds is 10. The fourth-order valence-corrected chi connectivity index (χ4v) is 10.0. The number of hydrogen-bond donors (Lipinski definition) is 0. The van der Waals surface area contributed by atoms with Gasteiger partial charge in [0.15, 0.2) is 0 Å². The van der Waals surface area contributed by atoms with Crippen LogP contribution >= 0.6 is 0 Å². The minimum atomic E-state index is -0.314. The Morgan fingerprint density at radius 3 is 1.71 bits per heavy atom. The Balaban J connectivity index is 1.10. The van der Waals surface area contributed by atoms with Crippen molar-refractivity contribution in [2.45, 2.75) is 85.5 Å². The molecule has 0 N–H and O–H groups in total. The Bertz CT molecular complexity index is 3330. The number of anilines is 2. The third kappa shape index (κ3) is 8.72. The highest BCUT2D eigenvalue weighted by atomic mass is 16.5. The molecule has 0 unspecified atom stereocenters. The molecule has 0 radical (unpaired) electrons. The van der Waals surface area contributed by atoms with Gasteiger partial charge in [0.25, 0.3) is 0 Å². The van der Waals surface area contributed by atoms with Gasteiger partial charge >= 0.3 is 0 Å². The smallest absolute Gasteiger partial charge is 0.137 e. The first-order valence-corrected chi connectivity index (χ1v) is 24.4. The molecule has 0 atom stereocenters. The van der Waals surface area contributed by atoms with E-state index in [2.05, 4.69) is 272 Å². The third-order valence-corrected chi connectivity index (χ3v) is 14.4. The summed E-state index contributed by atoms with van der Waals surface area (Å²) >= 11 is 0. The van der Waals surface area contributed by atoms with E-state index in [1.54, 1.807) is 0 Å². The van der Waals surface area contributed by atoms with E-state index in [4.69, 9.17) is 9.72 Å². The molecule has 346 valence electrons. The fraction of sp³-hybridized carbons (Fsp3) is 0.234. The molecule has 1 aliphatic heterocycles. The summed E-state index contributed by atoms with van der Waals surface area (Å²) in [5, 5.41) is 2.30. The van der Waals surface area contributed by atoms with Crippen molar-refractivity contribution in [2.75, 3.05) is 16.5 Å². The van der Waals surface area contributed by atoms with Crippen LogP contribution in [0, 0.1) is 5.41 Å². The zero-order valence-electron chi connectivity index (χ0n) is 41.9. The van der Waals surface area contributed by atoms with Crippen molar-refractivity contribution in [1.29, 1.82) is 0 Å². The van der Waals surface area contributed by atoms with Gasteiger partial charge in [0.1, 0.15) is 17.3 Å². The van der Waals surface area contributed by atoms with E-state index in [0.717, 1.165) is 44.8 Å². The second-order valence-electron chi connectivity index (χ2n) is 21.9. The number of fused-ring (bicyclic) bond motifs is 3. The van der Waals surface area contributed by atoms with Gasteiger partial charge in [-0.25, -0.2) is 4.98 Å². The molecule has 0 saturated carbocycles. The minimum absolute atomic E-state index is 0.0787. The average molecular weight is 905 g/mol. The van der Waals surface area contributed by atoms with Gasteiger partial charge in [-0.3, -0.25) is 4.57 Å². The monoisotopic (exact) mass is 905 g/mol. The highest BCUT2D eigenvalue weighted by molar-refractivity contribution is 6.10. The lowest BCUT2D eigenvalue weighted by Gasteiger charge is -2.31. The van der Waals surface area contributed by atoms with Crippen molar-refractivity contribution in [3.05, 3.63) is 228 Å². The molecule has 1 aliphatic rings. The Morgan fingerprint density at radius 1 is 0.435 bits per heavy atom. The lowest BCUT2D eigenvalue weighted by molar-refractivity contribution is 0.480. The summed E-state index contributed by atoms with van der Waals surface area (Å²) in [7, 11) is 0. The SMILES string of the molecule is CC(C)(C)C1=CN(c2cc(Oc3ccc4c5cc(-c6ccccc6)ccc5n(-c5cc(C(C)(C)c6ccccc6)ccn5)c4c3)cc(C(C)(C)c3ccccc3)c2)CN1c1ccc(C(C)(C)C)cc1. The van der Waals surface area contributed by atoms with Crippen LogP contribution in [0.3, 0.4) is 0 Å². The van der Waals surface area contributed by atoms with Gasteiger partial charge in [-0.15, -0.1) is 0 Å². The number of aromatic nitrogens is 2. The molecule has 3 heterocycles. The van der Waals surface area contributed by atoms with Crippen LogP contribution in [0.15, 0.2) is 200 Å². The van der Waals surface area contributed by atoms with Crippen LogP contribution in [0.2, 0.25) is 0 Å². The van der Waals surface area contributed by atoms with Crippen molar-refractivity contribution in [2.24, 2.45) is 5.41 Å². The zero-order valence-corrected chi connectivity index (χ0v) is 41.9. The van der Waals surface area contributed by atoms with E-state index in [-0.39, 0.29) is 21.7 Å². The normalized spacial score (nSPS) is 13.6. The fourth-order valence-electron chi connectivity index (χ4n) is 10.0. The average Bonchev–Trinajstić information content (AvgIpc) is 3.95. The maximum Gasteiger partial charge on any atom is 0.137 e. The number of nitrogens with zero attached hydrogens (tertiary/aromatic N) is 4. The van der Waals surface area contributed by atoms with Gasteiger partial charge in [0, 0.05) is 68.6 Å². The van der Waals surface area contributed by atoms with Crippen LogP contribution in [-0.2, 0) is 16.2 Å². The predicted octanol–water partition coefficient (Wildman–Crippen LogP) is 16.8. The largest absolute Gasteiger partial charge is 0.457 e. The highest BCUT2D eigenvalue weighted by Crippen LogP contribution is 2.44. The van der Waals surface area contributed by atoms with Gasteiger partial charge in [-0.05, 0) is 105 Å². The van der Waals surface area contributed by atoms with Crippen molar-refractivity contribution >= 4 is 33.2 Å². The molecule has 0 fully saturated rings. The Morgan fingerprint density at radius 2 is 1.07 bits per heavy atom. The van der Waals surface area contributed by atoms with Crippen molar-refractivity contribution in [3.8, 4) is 28.4 Å². The molecule has 0 bridgehead atoms. The molecule has 10 rings (SSSR count). The number of benzene rings is 7. The van der Waals surface area contributed by atoms with Crippen molar-refractivity contribution < 1.29 is 4.74 Å². The van der Waals surface area contributed by atoms with Gasteiger partial charge in [-0.1, -0.05) is 178 Å². The van der Waals surface area contributed by atoms with Gasteiger partial charge in [0.05, 0.1) is 17.7 Å². The molecule has 7 aromatic carbocycles. The van der Waals surface area contributed by atoms with E-state index >= 15 is 0 Å². The topological polar surface area (TPSA) is 33.5 Å². The van der Waals surface area contributed by atoms with Crippen LogP contribution in [0.25, 0.3) is 38.8 Å². The van der Waals surface area contributed by atoms with Crippen LogP contribution < -0.4 is 14.5 Å². The molecule has 9 aromatic rings. The second kappa shape index (κ2) is 17.3. The van der Waals surface area contributed by atoms with Gasteiger partial charge in [0.2, 0.25) is 0 Å². The number of ether oxygens (including phenoxy) is 1. The molecule has 0 aliphatic carbocycles. The summed E-state index contributed by atoms with van der Waals surface area (Å²) in [6.45, 7) is 23.6. The molecule has 0 spiro atoms. The molecule has 0 saturated heterocycles. The van der Waals surface area contributed by atoms with E-state index in [1.165, 1.54) is 50.3 Å². The van der Waals surface area contributed by atoms with E-state index in [9.17, 15) is 0 Å². The number of pyridine rings is 1. The summed E-state index contributed by atoms with van der Waals surface area (Å²) in [4.78, 5) is 9.93. The molecule has 69 heavy (non-hydrogen) atoms. The molecule has 2 aromatic heterocycles. The second-order valence-corrected chi connectivity index (χ2v) is 21.9. The first kappa shape index (κ1) is 45.4. The summed E-state index contributed by atoms with van der Waals surface area (Å²) in [6, 6.07) is 65.8. The lowest BCUT2D eigenvalue weighted by atomic mass is 9.78. The highest BCUT2D eigenvalue weighted by Gasteiger charge is 2.33. The summed E-state index contributed by atoms with van der Waals surface area (Å²) in [5.74, 6) is 2.40. The molecule has 5 nitrogen and oxygen atoms in total. The lowest BCUT2D eigenvalue weighted by Crippen LogP contribution is -2.30. The molecule has 0 amide bonds. The van der Waals surface area contributed by atoms with E-state index < -0.39 is 0 Å². The maximum absolute atomic E-state index is 7.13. The third-order valence-electron chi connectivity index (χ3n) is 14.4. The van der Waals surface area contributed by atoms with Gasteiger partial charge in [-0.2, -0.15) is 0 Å². The first-order chi connectivity index (χ1) is 32.9. The summed E-state index contributed by atoms with van der Waals surface area (Å²) in [6.07, 6.45) is 4.29. The first-order valence-electron chi connectivity index (χ1n) is 24.4. The quantitative estimate of drug-likeness (QED) is 0.137. The van der Waals surface area contributed by atoms with Crippen LogP contribution in [0.1, 0.15) is 97.1 Å². The maximum atomic E-state index is 7.13. The number of allylic oxidation sites excluding steroid dienone is 1. The van der Waals surface area contributed by atoms with Crippen LogP contribution in [0.4, 0.5) is 11.4 Å². The van der Waals surface area contributed by atoms with Crippen LogP contribution in [0.5, 0.6) is 11.5 Å². The molecule has 5 heteroatoms. The summed E-state index contributed by atoms with van der Waals surface area (Å²) in [5.41, 5.74) is 13.6. The Hall–Kier alpha value is -7.37. The van der Waals surface area contributed by atoms with E-state index in [1.807, 2.05) is 6.20 Å². The summed E-state index contributed by atoms with van der Waals surface area (Å²) < 4.78 is 9.44. The van der Waals surface area contributed by atoms with E-state index in [0.29, 0.717) is 6.67 Å². The Labute approximate surface area is 409 Å². The van der Waals surface area contributed by atoms with Crippen molar-refractivity contribution in [3.63, 3.8) is 0 Å². The zero-order chi connectivity index (χ0) is 48.3. The van der Waals surface area contributed by atoms with Crippen molar-refractivity contribution in [1.82, 2.24) is 9.55 Å². The number of hydrogen-bond acceptors (Lipinski definition) is 4. The molecular formula is C64H64N4O. The van der Waals surface area contributed by atoms with Gasteiger partial charge < -0.3 is 14.5 Å².